The number of aromatic nitrogens is 6. The summed E-state index contributed by atoms with van der Waals surface area (Å²) in [6.45, 7) is -2.29. The smallest absolute Gasteiger partial charge is 0.472 e. The number of carboxylic acids is 1. The van der Waals surface area contributed by atoms with Gasteiger partial charge < -0.3 is 81.2 Å². The van der Waals surface area contributed by atoms with Crippen molar-refractivity contribution >= 4 is 73.0 Å². The van der Waals surface area contributed by atoms with Crippen molar-refractivity contribution in [1.29, 1.82) is 0 Å². The van der Waals surface area contributed by atoms with Gasteiger partial charge in [0.2, 0.25) is 5.91 Å². The summed E-state index contributed by atoms with van der Waals surface area (Å²) in [5.41, 5.74) is 13.4. The Kier molecular flexibility index (Phi) is 21.2. The van der Waals surface area contributed by atoms with Crippen LogP contribution in [0.3, 0.4) is 0 Å². The fraction of sp³-hybridized carbons (Fsp3) is 0.373. The van der Waals surface area contributed by atoms with Crippen molar-refractivity contribution in [2.75, 3.05) is 63.5 Å². The lowest BCUT2D eigenvalue weighted by molar-refractivity contribution is -0.124. The summed E-state index contributed by atoms with van der Waals surface area (Å²) in [6, 6.07) is 17.7. The molecule has 3 aromatic heterocycles. The first-order valence-corrected chi connectivity index (χ1v) is 32.3. The molecule has 10 rings (SSSR count). The van der Waals surface area contributed by atoms with Crippen LogP contribution in [-0.2, 0) is 47.9 Å². The third-order valence-corrected chi connectivity index (χ3v) is 17.6. The Morgan fingerprint density at radius 3 is 2.37 bits per heavy atom. The van der Waals surface area contributed by atoms with Gasteiger partial charge in [-0.2, -0.15) is 4.98 Å². The number of phosphoric acid groups is 2. The van der Waals surface area contributed by atoms with E-state index in [1.807, 2.05) is 0 Å². The quantitative estimate of drug-likeness (QED) is 0.0187. The number of benzene rings is 4. The Morgan fingerprint density at radius 2 is 1.64 bits per heavy atom. The minimum atomic E-state index is -5.29. The molecule has 2 fully saturated rings. The third kappa shape index (κ3) is 16.0. The number of aliphatic hydroxyl groups excluding tert-OH is 2. The van der Waals surface area contributed by atoms with Crippen molar-refractivity contribution in [3.05, 3.63) is 136 Å². The monoisotopic (exact) mass is 1340 g/mol. The lowest BCUT2D eigenvalue weighted by Crippen LogP contribution is -2.53. The maximum atomic E-state index is 14.0. The van der Waals surface area contributed by atoms with E-state index in [0.29, 0.717) is 58.4 Å². The second-order valence-electron chi connectivity index (χ2n) is 22.3. The van der Waals surface area contributed by atoms with Crippen molar-refractivity contribution < 1.29 is 90.4 Å². The Bertz CT molecular complexity index is 4250. The molecule has 6 aromatic rings. The topological polar surface area (TPSA) is 471 Å². The molecular weight excluding hydrogens is 1270 g/mol. The number of phenolic OH excluding ortho intramolecular Hbond substituents is 1. The highest BCUT2D eigenvalue weighted by Gasteiger charge is 2.49. The summed E-state index contributed by atoms with van der Waals surface area (Å²) in [6.07, 6.45) is -5.20. The number of aliphatic hydroxyl groups is 2. The van der Waals surface area contributed by atoms with Gasteiger partial charge in [-0.1, -0.05) is 31.0 Å². The first-order chi connectivity index (χ1) is 44.9. The normalized spacial score (nSPS) is 20.7. The number of urea groups is 1. The van der Waals surface area contributed by atoms with Gasteiger partial charge in [-0.3, -0.25) is 36.8 Å². The number of carboxylic acid groups (broad SMARTS) is 1. The molecule has 13 N–H and O–H groups in total. The largest absolute Gasteiger partial charge is 0.508 e. The fourth-order valence-electron chi connectivity index (χ4n) is 11.0. The summed E-state index contributed by atoms with van der Waals surface area (Å²) < 4.78 is 75.0. The van der Waals surface area contributed by atoms with E-state index in [9.17, 15) is 63.3 Å². The summed E-state index contributed by atoms with van der Waals surface area (Å²) in [5, 5.41) is 51.0. The number of nitrogens with zero attached hydrogens (tertiary/aromatic N) is 7. The number of nitrogens with two attached hydrogens (primary N) is 2. The van der Waals surface area contributed by atoms with Crippen molar-refractivity contribution in [2.45, 2.75) is 93.6 Å². The van der Waals surface area contributed by atoms with E-state index in [4.69, 9.17) is 48.2 Å². The number of anilines is 3. The van der Waals surface area contributed by atoms with Crippen molar-refractivity contribution in [3.63, 3.8) is 0 Å². The van der Waals surface area contributed by atoms with Crippen molar-refractivity contribution in [3.8, 4) is 33.9 Å². The van der Waals surface area contributed by atoms with Crippen LogP contribution in [0.25, 0.3) is 44.6 Å². The van der Waals surface area contributed by atoms with E-state index in [2.05, 4.69) is 35.9 Å². The predicted octanol–water partition coefficient (Wildman–Crippen LogP) is 4.00. The molecule has 3 unspecified atom stereocenters. The van der Waals surface area contributed by atoms with E-state index in [-0.39, 0.29) is 76.6 Å². The number of ether oxygens (including phenoxy) is 3. The van der Waals surface area contributed by atoms with Gasteiger partial charge in [0, 0.05) is 67.6 Å². The van der Waals surface area contributed by atoms with Crippen LogP contribution >= 0.6 is 15.6 Å². The van der Waals surface area contributed by atoms with Gasteiger partial charge in [-0.15, -0.1) is 0 Å². The summed E-state index contributed by atoms with van der Waals surface area (Å²) in [5.74, 6) is -1.09. The number of hydrogen-bond donors (Lipinski definition) is 11. The van der Waals surface area contributed by atoms with Gasteiger partial charge >= 0.3 is 33.3 Å². The molecule has 0 radical (unpaired) electrons. The van der Waals surface area contributed by atoms with Crippen LogP contribution in [-0.4, -0.2) is 167 Å². The number of nitrogens with one attached hydrogen (secondary N) is 3. The number of aromatic carboxylic acids is 1. The molecule has 35 heteroatoms. The van der Waals surface area contributed by atoms with Crippen LogP contribution in [0.15, 0.2) is 118 Å². The van der Waals surface area contributed by atoms with Crippen LogP contribution in [0.5, 0.6) is 11.5 Å². The SMILES string of the molecule is COc1ccc(C[C@H](N)C(=O)N[C@H]2[C@@H](O)[C@H](n3cnc4c(N(C)C)ncnc43)O[C@@H]2COP(=O)(O)O[C@H]2C[C@H](n3ccc(N)nc3=O)O[C@@H]2COP(=O)(O)OC(CO)CCCCCNC(=O)Nc2ccc(-c3c4ccc(=O)cc-4oc4cc(O)ccc34)c(C(=O)O)c2)cc1. The fourth-order valence-corrected chi connectivity index (χ4v) is 12.9. The lowest BCUT2D eigenvalue weighted by atomic mass is 9.90. The predicted molar refractivity (Wildman–Crippen MR) is 335 cm³/mol. The zero-order valence-corrected chi connectivity index (χ0v) is 52.4. The molecule has 1 aliphatic carbocycles. The van der Waals surface area contributed by atoms with Crippen molar-refractivity contribution in [1.82, 2.24) is 39.7 Å². The molecule has 4 aliphatic rings. The minimum Gasteiger partial charge on any atom is -0.508 e. The summed E-state index contributed by atoms with van der Waals surface area (Å²) in [4.78, 5) is 105. The highest BCUT2D eigenvalue weighted by Crippen LogP contribution is 2.51. The molecule has 2 saturated heterocycles. The van der Waals surface area contributed by atoms with Gasteiger partial charge in [0.1, 0.15) is 65.6 Å². The molecule has 0 spiro atoms. The number of hydrogen-bond acceptors (Lipinski definition) is 25. The zero-order valence-electron chi connectivity index (χ0n) is 50.6. The van der Waals surface area contributed by atoms with Gasteiger partial charge in [0.25, 0.3) is 0 Å². The minimum absolute atomic E-state index is 0.0280. The average molecular weight is 1340 g/mol. The number of rotatable bonds is 28. The highest BCUT2D eigenvalue weighted by molar-refractivity contribution is 7.47. The molecular formula is C59H68N12O21P2. The number of aromatic hydroxyl groups is 1. The number of methoxy groups -OCH3 is 1. The number of amides is 3. The molecule has 3 amide bonds. The maximum Gasteiger partial charge on any atom is 0.472 e. The van der Waals surface area contributed by atoms with Gasteiger partial charge in [0.05, 0.1) is 57.0 Å². The Morgan fingerprint density at radius 1 is 0.883 bits per heavy atom. The maximum absolute atomic E-state index is 14.0. The molecule has 0 saturated carbocycles. The number of unbranched alkanes of at least 4 members (excludes halogenated alkanes) is 2. The zero-order chi connectivity index (χ0) is 67.2. The van der Waals surface area contributed by atoms with E-state index in [1.165, 1.54) is 85.1 Å². The Balaban J connectivity index is 0.742. The first kappa shape index (κ1) is 68.1. The molecule has 0 bridgehead atoms. The van der Waals surface area contributed by atoms with Crippen LogP contribution in [0.2, 0.25) is 0 Å². The number of carbonyl (C=O) groups excluding carboxylic acids is 2. The second-order valence-corrected chi connectivity index (χ2v) is 25.1. The molecule has 11 atom stereocenters. The molecule has 3 aliphatic heterocycles. The van der Waals surface area contributed by atoms with E-state index >= 15 is 0 Å². The average Bonchev–Trinajstić information content (AvgIpc) is 0.889. The summed E-state index contributed by atoms with van der Waals surface area (Å²) in [7, 11) is -5.39. The van der Waals surface area contributed by atoms with Crippen molar-refractivity contribution in [2.24, 2.45) is 5.73 Å². The van der Waals surface area contributed by atoms with Crippen LogP contribution < -0.4 is 48.2 Å². The number of fused-ring (bicyclic) bond motifs is 3. The number of nitrogen functional groups attached to an aromatic ring is 1. The number of phenols is 1. The van der Waals surface area contributed by atoms with Crippen LogP contribution in [0.4, 0.5) is 22.1 Å². The van der Waals surface area contributed by atoms with Gasteiger partial charge in [-0.25, -0.2) is 38.5 Å². The van der Waals surface area contributed by atoms with Crippen LogP contribution in [0, 0.1) is 0 Å². The van der Waals surface area contributed by atoms with Crippen LogP contribution in [0.1, 0.15) is 60.5 Å². The number of carbonyl (C=O) groups is 3. The molecule has 500 valence electrons. The highest BCUT2D eigenvalue weighted by atomic mass is 31.2. The molecule has 33 nitrogen and oxygen atoms in total. The number of imidazole rings is 1. The first-order valence-electron chi connectivity index (χ1n) is 29.3. The molecule has 6 heterocycles. The molecule has 3 aromatic carbocycles. The number of phosphoric ester groups is 2. The van der Waals surface area contributed by atoms with Gasteiger partial charge in [0.15, 0.2) is 28.6 Å². The third-order valence-electron chi connectivity index (χ3n) is 15.5. The van der Waals surface area contributed by atoms with E-state index in [1.54, 1.807) is 49.3 Å². The standard InChI is InChI=1S/C59H68N12O21P2/c1-69(2)53-51-54(64-29-63-53)71(30-65-51)56-52(75)50(68-55(76)41(60)21-31-8-13-35(85-3)14-9-31)46(90-56)28-87-94(83,84)92-44-25-48(70-20-18-47(61)67-59(70)80)89-45(44)27-86-93(81,82)91-36(26-72)7-5-4-6-19-62-58(79)66-32-10-15-37(40(22-32)57(77)78)49-38-16-11-33(73)23-42(38)88-43-24-34(74)12-17-39(43)49/h8-18,20,22-24,29-30,36,41,44-46,48,50,52,56,72-73,75H,4-7,19,21,25-28,60H2,1-3H3,(H,68,76)(H,77,78)(H,81,82)(H,83,84)(H2,61,67,80)(H2,62,66,79)/t36?,41-,44-,45+,46+,48+,50+,52+,56+/m0/s1. The lowest BCUT2D eigenvalue weighted by Gasteiger charge is -2.25. The summed E-state index contributed by atoms with van der Waals surface area (Å²) >= 11 is 0. The Hall–Kier alpha value is -8.79. The van der Waals surface area contributed by atoms with E-state index in [0.717, 1.165) is 4.57 Å². The molecule has 94 heavy (non-hydrogen) atoms. The second kappa shape index (κ2) is 29.2. The van der Waals surface area contributed by atoms with E-state index < -0.39 is 114 Å². The Labute approximate surface area is 533 Å². The van der Waals surface area contributed by atoms with Gasteiger partial charge in [-0.05, 0) is 85.0 Å².